The van der Waals surface area contributed by atoms with E-state index in [0.29, 0.717) is 41.5 Å². The van der Waals surface area contributed by atoms with Crippen molar-refractivity contribution in [3.05, 3.63) is 53.1 Å². The molecule has 3 rings (SSSR count). The van der Waals surface area contributed by atoms with Crippen LogP contribution in [-0.4, -0.2) is 25.5 Å². The third-order valence-corrected chi connectivity index (χ3v) is 4.23. The van der Waals surface area contributed by atoms with E-state index in [1.54, 1.807) is 37.4 Å². The molecule has 6 nitrogen and oxygen atoms in total. The molecule has 2 amide bonds. The Hall–Kier alpha value is -3.02. The van der Waals surface area contributed by atoms with Crippen LogP contribution < -0.4 is 20.1 Å². The van der Waals surface area contributed by atoms with Gasteiger partial charge in [-0.25, -0.2) is 0 Å². The summed E-state index contributed by atoms with van der Waals surface area (Å²) >= 11 is 0. The zero-order chi connectivity index (χ0) is 18.5. The van der Waals surface area contributed by atoms with E-state index < -0.39 is 0 Å². The predicted molar refractivity (Wildman–Crippen MR) is 99.0 cm³/mol. The van der Waals surface area contributed by atoms with Gasteiger partial charge in [0.15, 0.2) is 11.5 Å². The molecule has 2 N–H and O–H groups in total. The molecule has 0 saturated heterocycles. The van der Waals surface area contributed by atoms with Crippen LogP contribution in [0.1, 0.15) is 46.0 Å². The number of anilines is 1. The maximum Gasteiger partial charge on any atom is 0.255 e. The van der Waals surface area contributed by atoms with Gasteiger partial charge in [0, 0.05) is 23.4 Å². The summed E-state index contributed by atoms with van der Waals surface area (Å²) in [6, 6.07) is 10.4. The Balaban J connectivity index is 1.73. The van der Waals surface area contributed by atoms with Crippen molar-refractivity contribution >= 4 is 17.5 Å². The highest BCUT2D eigenvalue weighted by Crippen LogP contribution is 2.29. The van der Waals surface area contributed by atoms with E-state index in [1.807, 2.05) is 6.07 Å². The summed E-state index contributed by atoms with van der Waals surface area (Å²) in [5.41, 5.74) is 2.56. The third-order valence-electron chi connectivity index (χ3n) is 4.23. The van der Waals surface area contributed by atoms with Gasteiger partial charge in [0.05, 0.1) is 13.7 Å². The summed E-state index contributed by atoms with van der Waals surface area (Å²) in [6.45, 7) is 3.23. The molecule has 0 fully saturated rings. The highest BCUT2D eigenvalue weighted by molar-refractivity contribution is 6.06. The first-order valence-corrected chi connectivity index (χ1v) is 8.65. The fourth-order valence-electron chi connectivity index (χ4n) is 2.75. The van der Waals surface area contributed by atoms with Crippen molar-refractivity contribution in [1.29, 1.82) is 0 Å². The van der Waals surface area contributed by atoms with Crippen molar-refractivity contribution in [2.75, 3.05) is 19.0 Å². The van der Waals surface area contributed by atoms with Crippen LogP contribution in [-0.2, 0) is 6.54 Å². The standard InChI is InChI=1S/C20H22N2O4/c1-3-4-9-26-17-8-6-13(10-18(17)25-2)19(23)22-15-7-5-14-12-21-20(24)16(14)11-15/h5-8,10-11H,3-4,9,12H2,1-2H3,(H,21,24)(H,22,23). The molecule has 2 aromatic rings. The second-order valence-corrected chi connectivity index (χ2v) is 6.08. The molecular formula is C20H22N2O4. The molecule has 0 radical (unpaired) electrons. The number of methoxy groups -OCH3 is 1. The number of carbonyl (C=O) groups is 2. The van der Waals surface area contributed by atoms with Crippen molar-refractivity contribution in [1.82, 2.24) is 5.32 Å². The minimum atomic E-state index is -0.276. The second kappa shape index (κ2) is 7.91. The monoisotopic (exact) mass is 354 g/mol. The van der Waals surface area contributed by atoms with Gasteiger partial charge in [0.25, 0.3) is 11.8 Å². The lowest BCUT2D eigenvalue weighted by atomic mass is 10.1. The zero-order valence-corrected chi connectivity index (χ0v) is 14.9. The van der Waals surface area contributed by atoms with E-state index >= 15 is 0 Å². The van der Waals surface area contributed by atoms with Crippen molar-refractivity contribution in [2.24, 2.45) is 0 Å². The van der Waals surface area contributed by atoms with Gasteiger partial charge >= 0.3 is 0 Å². The number of benzene rings is 2. The molecule has 1 heterocycles. The van der Waals surface area contributed by atoms with Crippen molar-refractivity contribution in [3.8, 4) is 11.5 Å². The number of ether oxygens (including phenoxy) is 2. The molecule has 0 bridgehead atoms. The van der Waals surface area contributed by atoms with Gasteiger partial charge in [-0.05, 0) is 42.3 Å². The molecule has 0 aromatic heterocycles. The van der Waals surface area contributed by atoms with Crippen LogP contribution in [0.2, 0.25) is 0 Å². The zero-order valence-electron chi connectivity index (χ0n) is 14.9. The molecule has 1 aliphatic heterocycles. The summed E-state index contributed by atoms with van der Waals surface area (Å²) in [4.78, 5) is 24.3. The number of nitrogens with one attached hydrogen (secondary N) is 2. The fourth-order valence-corrected chi connectivity index (χ4v) is 2.75. The topological polar surface area (TPSA) is 76.7 Å². The average Bonchev–Trinajstić information content (AvgIpc) is 3.02. The maximum absolute atomic E-state index is 12.5. The SMILES string of the molecule is CCCCOc1ccc(C(=O)Nc2ccc3c(c2)C(=O)NC3)cc1OC. The Morgan fingerprint density at radius 1 is 1.19 bits per heavy atom. The smallest absolute Gasteiger partial charge is 0.255 e. The van der Waals surface area contributed by atoms with Crippen LogP contribution in [0.4, 0.5) is 5.69 Å². The van der Waals surface area contributed by atoms with Gasteiger partial charge in [-0.1, -0.05) is 19.4 Å². The highest BCUT2D eigenvalue weighted by Gasteiger charge is 2.19. The van der Waals surface area contributed by atoms with E-state index in [-0.39, 0.29) is 11.8 Å². The van der Waals surface area contributed by atoms with Gasteiger partial charge in [0.2, 0.25) is 0 Å². The van der Waals surface area contributed by atoms with Crippen LogP contribution in [0, 0.1) is 0 Å². The van der Waals surface area contributed by atoms with Gasteiger partial charge in [-0.3, -0.25) is 9.59 Å². The highest BCUT2D eigenvalue weighted by atomic mass is 16.5. The summed E-state index contributed by atoms with van der Waals surface area (Å²) < 4.78 is 11.0. The third kappa shape index (κ3) is 3.79. The molecule has 0 spiro atoms. The molecule has 0 atom stereocenters. The number of amides is 2. The number of hydrogen-bond acceptors (Lipinski definition) is 4. The van der Waals surface area contributed by atoms with Crippen LogP contribution in [0.15, 0.2) is 36.4 Å². The van der Waals surface area contributed by atoms with E-state index in [2.05, 4.69) is 17.6 Å². The molecule has 26 heavy (non-hydrogen) atoms. The quantitative estimate of drug-likeness (QED) is 0.748. The van der Waals surface area contributed by atoms with E-state index in [0.717, 1.165) is 18.4 Å². The Morgan fingerprint density at radius 3 is 2.81 bits per heavy atom. The van der Waals surface area contributed by atoms with Crippen LogP contribution >= 0.6 is 0 Å². The lowest BCUT2D eigenvalue weighted by molar-refractivity contribution is 0.0964. The van der Waals surface area contributed by atoms with Crippen LogP contribution in [0.5, 0.6) is 11.5 Å². The van der Waals surface area contributed by atoms with Crippen LogP contribution in [0.25, 0.3) is 0 Å². The fraction of sp³-hybridized carbons (Fsp3) is 0.300. The van der Waals surface area contributed by atoms with Crippen LogP contribution in [0.3, 0.4) is 0 Å². The first-order chi connectivity index (χ1) is 12.6. The maximum atomic E-state index is 12.5. The first kappa shape index (κ1) is 17.8. The second-order valence-electron chi connectivity index (χ2n) is 6.08. The minimum Gasteiger partial charge on any atom is -0.493 e. The van der Waals surface area contributed by atoms with Gasteiger partial charge < -0.3 is 20.1 Å². The van der Waals surface area contributed by atoms with E-state index in [4.69, 9.17) is 9.47 Å². The Labute approximate surface area is 152 Å². The van der Waals surface area contributed by atoms with Crippen molar-refractivity contribution in [2.45, 2.75) is 26.3 Å². The molecular weight excluding hydrogens is 332 g/mol. The van der Waals surface area contributed by atoms with Crippen molar-refractivity contribution in [3.63, 3.8) is 0 Å². The first-order valence-electron chi connectivity index (χ1n) is 8.65. The molecule has 0 saturated carbocycles. The molecule has 6 heteroatoms. The number of unbranched alkanes of at least 4 members (excludes halogenated alkanes) is 1. The average molecular weight is 354 g/mol. The summed E-state index contributed by atoms with van der Waals surface area (Å²) in [7, 11) is 1.54. The summed E-state index contributed by atoms with van der Waals surface area (Å²) in [5, 5.41) is 5.57. The molecule has 0 unspecified atom stereocenters. The Kier molecular flexibility index (Phi) is 5.41. The van der Waals surface area contributed by atoms with Gasteiger partial charge in [-0.2, -0.15) is 0 Å². The van der Waals surface area contributed by atoms with Gasteiger partial charge in [-0.15, -0.1) is 0 Å². The Morgan fingerprint density at radius 2 is 2.04 bits per heavy atom. The summed E-state index contributed by atoms with van der Waals surface area (Å²) in [5.74, 6) is 0.738. The molecule has 0 aliphatic carbocycles. The van der Waals surface area contributed by atoms with E-state index in [1.165, 1.54) is 0 Å². The summed E-state index contributed by atoms with van der Waals surface area (Å²) in [6.07, 6.45) is 2.00. The molecule has 2 aromatic carbocycles. The lowest BCUT2D eigenvalue weighted by Gasteiger charge is -2.12. The van der Waals surface area contributed by atoms with E-state index in [9.17, 15) is 9.59 Å². The van der Waals surface area contributed by atoms with Gasteiger partial charge in [0.1, 0.15) is 0 Å². The minimum absolute atomic E-state index is 0.119. The molecule has 1 aliphatic rings. The lowest BCUT2D eigenvalue weighted by Crippen LogP contribution is -2.14. The number of hydrogen-bond donors (Lipinski definition) is 2. The number of rotatable bonds is 7. The Bertz CT molecular complexity index is 833. The number of fused-ring (bicyclic) bond motifs is 1. The largest absolute Gasteiger partial charge is 0.493 e. The normalized spacial score (nSPS) is 12.3. The predicted octanol–water partition coefficient (Wildman–Crippen LogP) is 3.37. The molecule has 136 valence electrons. The van der Waals surface area contributed by atoms with Crippen molar-refractivity contribution < 1.29 is 19.1 Å². The number of carbonyl (C=O) groups excluding carboxylic acids is 2.